The molecule has 0 radical (unpaired) electrons. The number of carbonyl (C=O) groups excluding carboxylic acids is 3. The van der Waals surface area contributed by atoms with Crippen LogP contribution in [-0.2, 0) is 23.9 Å². The van der Waals surface area contributed by atoms with Crippen LogP contribution >= 0.6 is 0 Å². The maximum atomic E-state index is 14.0. The Bertz CT molecular complexity index is 813. The fourth-order valence-electron chi connectivity index (χ4n) is 6.25. The van der Waals surface area contributed by atoms with Crippen LogP contribution in [0, 0.1) is 11.8 Å². The van der Waals surface area contributed by atoms with Crippen molar-refractivity contribution >= 4 is 17.8 Å². The minimum absolute atomic E-state index is 0.0662. The molecule has 0 aromatic rings. The third-order valence-corrected chi connectivity index (χ3v) is 7.80. The van der Waals surface area contributed by atoms with E-state index in [4.69, 9.17) is 14.6 Å². The normalized spacial score (nSPS) is 31.6. The van der Waals surface area contributed by atoms with Crippen LogP contribution in [0.4, 0.5) is 0 Å². The number of likely N-dealkylation sites (tertiary alicyclic amines) is 1. The molecule has 8 nitrogen and oxygen atoms in total. The van der Waals surface area contributed by atoms with Crippen LogP contribution < -0.4 is 0 Å². The van der Waals surface area contributed by atoms with E-state index >= 15 is 0 Å². The second-order valence-electron chi connectivity index (χ2n) is 9.94. The van der Waals surface area contributed by atoms with Crippen molar-refractivity contribution in [3.05, 3.63) is 25.3 Å². The van der Waals surface area contributed by atoms with E-state index in [1.54, 1.807) is 15.9 Å². The molecule has 0 aromatic heterocycles. The van der Waals surface area contributed by atoms with E-state index < -0.39 is 35.0 Å². The summed E-state index contributed by atoms with van der Waals surface area (Å²) < 4.78 is 12.1. The Morgan fingerprint density at radius 1 is 1.26 bits per heavy atom. The highest BCUT2D eigenvalue weighted by Gasteiger charge is 2.79. The lowest BCUT2D eigenvalue weighted by atomic mass is 9.65. The lowest BCUT2D eigenvalue weighted by Crippen LogP contribution is -2.57. The number of carbonyl (C=O) groups is 3. The van der Waals surface area contributed by atoms with Gasteiger partial charge in [-0.3, -0.25) is 14.4 Å². The van der Waals surface area contributed by atoms with Gasteiger partial charge in [0.15, 0.2) is 0 Å². The van der Waals surface area contributed by atoms with E-state index in [-0.39, 0.29) is 31.1 Å². The smallest absolute Gasteiger partial charge is 0.313 e. The number of aliphatic hydroxyl groups excluding tert-OH is 1. The number of amides is 2. The molecule has 34 heavy (non-hydrogen) atoms. The van der Waals surface area contributed by atoms with Crippen LogP contribution in [0.5, 0.6) is 0 Å². The van der Waals surface area contributed by atoms with E-state index in [1.165, 1.54) is 6.08 Å². The molecule has 3 rings (SSSR count). The molecule has 0 aromatic carbocycles. The molecule has 2 amide bonds. The fraction of sp³-hybridized carbons (Fsp3) is 0.731. The van der Waals surface area contributed by atoms with Crippen molar-refractivity contribution in [1.29, 1.82) is 0 Å². The summed E-state index contributed by atoms with van der Waals surface area (Å²) in [4.78, 5) is 44.5. The van der Waals surface area contributed by atoms with Crippen molar-refractivity contribution in [3.63, 3.8) is 0 Å². The van der Waals surface area contributed by atoms with Crippen LogP contribution in [0.3, 0.4) is 0 Å². The Kier molecular flexibility index (Phi) is 8.24. The standard InChI is InChI=1S/C26H40N2O6/c1-6-14-27(18(4)5)23(31)21-26-13-12-25(8-3,34-26)20(24(32)33-17-7-2)19(26)22(30)28(21)15-10-9-11-16-29/h6-7,18-21,29H,1-2,8-17H2,3-5H3/t19-,20+,21?,25-,26?/m0/s1. The Morgan fingerprint density at radius 3 is 2.59 bits per heavy atom. The number of esters is 1. The predicted octanol–water partition coefficient (Wildman–Crippen LogP) is 2.46. The van der Waals surface area contributed by atoms with Crippen LogP contribution in [0.25, 0.3) is 0 Å². The third-order valence-electron chi connectivity index (χ3n) is 7.80. The predicted molar refractivity (Wildman–Crippen MR) is 128 cm³/mol. The highest BCUT2D eigenvalue weighted by molar-refractivity contribution is 5.98. The molecule has 3 heterocycles. The molecule has 3 fully saturated rings. The molecule has 0 aliphatic carbocycles. The van der Waals surface area contributed by atoms with Crippen molar-refractivity contribution < 1.29 is 29.0 Å². The molecule has 3 aliphatic heterocycles. The molecule has 5 atom stereocenters. The van der Waals surface area contributed by atoms with Gasteiger partial charge in [0.1, 0.15) is 24.2 Å². The minimum Gasteiger partial charge on any atom is -0.461 e. The molecule has 190 valence electrons. The van der Waals surface area contributed by atoms with Gasteiger partial charge in [-0.05, 0) is 52.4 Å². The summed E-state index contributed by atoms with van der Waals surface area (Å²) in [6.07, 6.45) is 6.94. The second-order valence-corrected chi connectivity index (χ2v) is 9.94. The molecule has 1 spiro atoms. The first-order valence-corrected chi connectivity index (χ1v) is 12.5. The average molecular weight is 477 g/mol. The van der Waals surface area contributed by atoms with E-state index in [9.17, 15) is 14.4 Å². The molecule has 1 N–H and O–H groups in total. The lowest BCUT2D eigenvalue weighted by Gasteiger charge is -2.38. The SMILES string of the molecule is C=CCOC(=O)[C@H]1[C@H]2C(=O)N(CCCCCO)C(C(=O)N(CC=C)C(C)C)C23CC[C@]1(CC)O3. The molecule has 2 bridgehead atoms. The van der Waals surface area contributed by atoms with Gasteiger partial charge < -0.3 is 24.4 Å². The number of hydrogen-bond donors (Lipinski definition) is 1. The van der Waals surface area contributed by atoms with Gasteiger partial charge in [0, 0.05) is 25.7 Å². The van der Waals surface area contributed by atoms with Gasteiger partial charge in [0.25, 0.3) is 0 Å². The average Bonchev–Trinajstić information content (AvgIpc) is 3.42. The molecular weight excluding hydrogens is 436 g/mol. The minimum atomic E-state index is -1.05. The van der Waals surface area contributed by atoms with Gasteiger partial charge in [-0.2, -0.15) is 0 Å². The van der Waals surface area contributed by atoms with Crippen LogP contribution in [0.1, 0.15) is 59.3 Å². The first kappa shape index (κ1) is 26.4. The molecule has 3 aliphatic rings. The van der Waals surface area contributed by atoms with Crippen molar-refractivity contribution in [3.8, 4) is 0 Å². The first-order valence-electron chi connectivity index (χ1n) is 12.5. The number of ether oxygens (including phenoxy) is 2. The van der Waals surface area contributed by atoms with Gasteiger partial charge in [0.2, 0.25) is 11.8 Å². The first-order chi connectivity index (χ1) is 16.2. The van der Waals surface area contributed by atoms with Crippen LogP contribution in [0.15, 0.2) is 25.3 Å². The number of rotatable bonds is 13. The summed E-state index contributed by atoms with van der Waals surface area (Å²) in [6.45, 7) is 14.1. The van der Waals surface area contributed by atoms with E-state index in [2.05, 4.69) is 13.2 Å². The number of nitrogens with zero attached hydrogens (tertiary/aromatic N) is 2. The van der Waals surface area contributed by atoms with Gasteiger partial charge in [0.05, 0.1) is 11.5 Å². The number of aliphatic hydroxyl groups is 1. The van der Waals surface area contributed by atoms with Crippen molar-refractivity contribution in [2.45, 2.75) is 82.6 Å². The van der Waals surface area contributed by atoms with Crippen LogP contribution in [-0.4, -0.2) is 82.3 Å². The summed E-state index contributed by atoms with van der Waals surface area (Å²) >= 11 is 0. The maximum absolute atomic E-state index is 14.0. The fourth-order valence-corrected chi connectivity index (χ4v) is 6.25. The number of hydrogen-bond acceptors (Lipinski definition) is 6. The molecular formula is C26H40N2O6. The molecule has 0 saturated carbocycles. The van der Waals surface area contributed by atoms with E-state index in [0.29, 0.717) is 45.2 Å². The Balaban J connectivity index is 2.04. The highest BCUT2D eigenvalue weighted by Crippen LogP contribution is 2.64. The Labute approximate surface area is 202 Å². The zero-order valence-electron chi connectivity index (χ0n) is 20.8. The van der Waals surface area contributed by atoms with Crippen molar-refractivity contribution in [1.82, 2.24) is 9.80 Å². The molecule has 2 unspecified atom stereocenters. The third kappa shape index (κ3) is 4.19. The summed E-state index contributed by atoms with van der Waals surface area (Å²) in [5.41, 5.74) is -1.85. The Hall–Kier alpha value is -2.19. The van der Waals surface area contributed by atoms with Gasteiger partial charge >= 0.3 is 5.97 Å². The Morgan fingerprint density at radius 2 is 2.00 bits per heavy atom. The van der Waals surface area contributed by atoms with E-state index in [0.717, 1.165) is 6.42 Å². The number of unbranched alkanes of at least 4 members (excludes halogenated alkanes) is 2. The zero-order chi connectivity index (χ0) is 25.1. The summed E-state index contributed by atoms with van der Waals surface area (Å²) in [6, 6.07) is -0.883. The lowest BCUT2D eigenvalue weighted by molar-refractivity contribution is -0.161. The molecule has 8 heteroatoms. The zero-order valence-corrected chi connectivity index (χ0v) is 20.8. The second kappa shape index (κ2) is 10.6. The number of fused-ring (bicyclic) bond motifs is 1. The monoisotopic (exact) mass is 476 g/mol. The summed E-state index contributed by atoms with van der Waals surface area (Å²) in [5, 5.41) is 9.15. The largest absolute Gasteiger partial charge is 0.461 e. The topological polar surface area (TPSA) is 96.4 Å². The summed E-state index contributed by atoms with van der Waals surface area (Å²) in [7, 11) is 0. The maximum Gasteiger partial charge on any atom is 0.313 e. The van der Waals surface area contributed by atoms with Gasteiger partial charge in [-0.15, -0.1) is 6.58 Å². The van der Waals surface area contributed by atoms with E-state index in [1.807, 2.05) is 20.8 Å². The quantitative estimate of drug-likeness (QED) is 0.249. The van der Waals surface area contributed by atoms with Crippen molar-refractivity contribution in [2.24, 2.45) is 11.8 Å². The van der Waals surface area contributed by atoms with Crippen LogP contribution in [0.2, 0.25) is 0 Å². The van der Waals surface area contributed by atoms with Gasteiger partial charge in [-0.25, -0.2) is 0 Å². The van der Waals surface area contributed by atoms with Gasteiger partial charge in [-0.1, -0.05) is 25.7 Å². The molecule has 3 saturated heterocycles. The highest BCUT2D eigenvalue weighted by atomic mass is 16.6. The van der Waals surface area contributed by atoms with Crippen molar-refractivity contribution in [2.75, 3.05) is 26.3 Å². The summed E-state index contributed by atoms with van der Waals surface area (Å²) in [5.74, 6) is -2.33.